The Hall–Kier alpha value is -5.57. The molecule has 5 heteroatoms. The third kappa shape index (κ3) is 6.24. The number of nitrogens with zero attached hydrogens (tertiary/aromatic N) is 4. The van der Waals surface area contributed by atoms with Crippen molar-refractivity contribution >= 4 is 58.5 Å². The van der Waals surface area contributed by atoms with Crippen LogP contribution in [0.25, 0.3) is 0 Å². The summed E-state index contributed by atoms with van der Waals surface area (Å²) >= 11 is 0. The fourth-order valence-electron chi connectivity index (χ4n) is 5.42. The lowest BCUT2D eigenvalue weighted by molar-refractivity contribution is 1.19. The molecule has 4 nitrogen and oxygen atoms in total. The monoisotopic (exact) mass is 598 g/mol. The van der Waals surface area contributed by atoms with Gasteiger partial charge in [0.05, 0.1) is 10.9 Å². The summed E-state index contributed by atoms with van der Waals surface area (Å²) in [5.74, 6) is 1.72. The minimum Gasteiger partial charge on any atom is -0.295 e. The van der Waals surface area contributed by atoms with Crippen LogP contribution in [0, 0.1) is 0 Å². The summed E-state index contributed by atoms with van der Waals surface area (Å²) in [6.07, 6.45) is 0. The maximum absolute atomic E-state index is 5.37. The van der Waals surface area contributed by atoms with E-state index in [0.29, 0.717) is 0 Å². The minimum absolute atomic E-state index is 0.861. The van der Waals surface area contributed by atoms with Gasteiger partial charge in [0.2, 0.25) is 0 Å². The Morgan fingerprint density at radius 2 is 0.622 bits per heavy atom. The maximum Gasteiger partial charge on any atom is 0.138 e. The number of aromatic nitrogens is 2. The molecule has 0 spiro atoms. The van der Waals surface area contributed by atoms with Crippen molar-refractivity contribution in [2.24, 2.45) is 0 Å². The van der Waals surface area contributed by atoms with Crippen molar-refractivity contribution in [2.45, 2.75) is 0 Å². The van der Waals surface area contributed by atoms with Crippen LogP contribution in [0.5, 0.6) is 0 Å². The summed E-state index contributed by atoms with van der Waals surface area (Å²) in [6.45, 7) is 0. The van der Waals surface area contributed by atoms with Gasteiger partial charge in [0.25, 0.3) is 0 Å². The Morgan fingerprint density at radius 1 is 0.311 bits per heavy atom. The first kappa shape index (κ1) is 28.2. The zero-order valence-corrected chi connectivity index (χ0v) is 25.5. The van der Waals surface area contributed by atoms with Gasteiger partial charge in [-0.2, -0.15) is 0 Å². The Morgan fingerprint density at radius 3 is 0.956 bits per heavy atom. The van der Waals surface area contributed by atoms with Crippen molar-refractivity contribution in [1.82, 2.24) is 9.97 Å². The normalized spacial score (nSPS) is 10.9. The molecule has 5 aromatic carbocycles. The van der Waals surface area contributed by atoms with Crippen LogP contribution in [-0.4, -0.2) is 9.97 Å². The van der Waals surface area contributed by atoms with Crippen molar-refractivity contribution in [1.29, 1.82) is 0 Å². The number of hydrogen-bond donors (Lipinski definition) is 0. The highest BCUT2D eigenvalue weighted by Crippen LogP contribution is 2.38. The highest BCUT2D eigenvalue weighted by atomic mass is 31.1. The molecule has 0 atom stereocenters. The number of rotatable bonds is 9. The van der Waals surface area contributed by atoms with Gasteiger partial charge in [-0.05, 0) is 78.1 Å². The molecule has 0 aliphatic rings. The van der Waals surface area contributed by atoms with Gasteiger partial charge >= 0.3 is 0 Å². The van der Waals surface area contributed by atoms with Crippen molar-refractivity contribution in [3.05, 3.63) is 188 Å². The molecule has 0 saturated carbocycles. The molecular formula is C40H31N4P. The summed E-state index contributed by atoms with van der Waals surface area (Å²) < 4.78 is 0. The van der Waals surface area contributed by atoms with Crippen molar-refractivity contribution in [3.63, 3.8) is 0 Å². The molecule has 0 aliphatic carbocycles. The average molecular weight is 599 g/mol. The number of benzene rings is 5. The van der Waals surface area contributed by atoms with Gasteiger partial charge in [-0.1, -0.05) is 115 Å². The zero-order chi connectivity index (χ0) is 30.3. The Balaban J connectivity index is 1.36. The smallest absolute Gasteiger partial charge is 0.138 e. The van der Waals surface area contributed by atoms with E-state index in [-0.39, 0.29) is 0 Å². The summed E-state index contributed by atoms with van der Waals surface area (Å²) in [7, 11) is -1.08. The molecule has 0 bridgehead atoms. The second-order valence-corrected chi connectivity index (χ2v) is 12.5. The molecule has 0 amide bonds. The van der Waals surface area contributed by atoms with Crippen LogP contribution in [0.15, 0.2) is 188 Å². The van der Waals surface area contributed by atoms with Crippen LogP contribution in [0.1, 0.15) is 0 Å². The number of para-hydroxylation sites is 4. The zero-order valence-electron chi connectivity index (χ0n) is 24.6. The van der Waals surface area contributed by atoms with E-state index >= 15 is 0 Å². The van der Waals surface area contributed by atoms with Gasteiger partial charge in [0.1, 0.15) is 11.6 Å². The van der Waals surface area contributed by atoms with Gasteiger partial charge in [-0.25, -0.2) is 9.97 Å². The van der Waals surface area contributed by atoms with Crippen LogP contribution >= 0.6 is 7.92 Å². The van der Waals surface area contributed by atoms with Gasteiger partial charge < -0.3 is 0 Å². The van der Waals surface area contributed by atoms with Crippen molar-refractivity contribution < 1.29 is 0 Å². The second-order valence-electron chi connectivity index (χ2n) is 10.4. The first-order valence-corrected chi connectivity index (χ1v) is 16.3. The van der Waals surface area contributed by atoms with E-state index in [1.165, 1.54) is 5.30 Å². The van der Waals surface area contributed by atoms with Crippen LogP contribution in [0.4, 0.5) is 34.4 Å². The molecule has 45 heavy (non-hydrogen) atoms. The molecular weight excluding hydrogens is 567 g/mol. The molecule has 0 aliphatic heterocycles. The van der Waals surface area contributed by atoms with E-state index in [0.717, 1.165) is 45.3 Å². The van der Waals surface area contributed by atoms with Gasteiger partial charge in [0, 0.05) is 30.7 Å². The molecule has 7 rings (SSSR count). The van der Waals surface area contributed by atoms with Crippen LogP contribution in [0.3, 0.4) is 0 Å². The van der Waals surface area contributed by atoms with Crippen LogP contribution in [0.2, 0.25) is 0 Å². The first-order valence-electron chi connectivity index (χ1n) is 14.9. The van der Waals surface area contributed by atoms with E-state index in [1.807, 2.05) is 24.3 Å². The van der Waals surface area contributed by atoms with Gasteiger partial charge in [-0.3, -0.25) is 9.80 Å². The fourth-order valence-corrected chi connectivity index (χ4v) is 7.53. The lowest BCUT2D eigenvalue weighted by atomic mass is 10.2. The SMILES string of the molecule is c1ccc(N(c2ccccc2)c2cccc(P(c3ccccc3)c3cccc(N(c4ccccc4)c4ccccc4)n3)n2)cc1. The predicted octanol–water partition coefficient (Wildman–Crippen LogP) is 9.17. The minimum atomic E-state index is -1.08. The first-order chi connectivity index (χ1) is 22.3. The Labute approximate surface area is 265 Å². The van der Waals surface area contributed by atoms with E-state index in [1.54, 1.807) is 0 Å². The van der Waals surface area contributed by atoms with Crippen molar-refractivity contribution in [2.75, 3.05) is 9.80 Å². The lowest BCUT2D eigenvalue weighted by Crippen LogP contribution is -2.27. The van der Waals surface area contributed by atoms with E-state index in [2.05, 4.69) is 174 Å². The molecule has 2 heterocycles. The highest BCUT2D eigenvalue weighted by Gasteiger charge is 2.23. The summed E-state index contributed by atoms with van der Waals surface area (Å²) in [5.41, 5.74) is 6.19. The van der Waals surface area contributed by atoms with Crippen LogP contribution < -0.4 is 26.0 Å². The molecule has 7 aromatic rings. The number of hydrogen-bond acceptors (Lipinski definition) is 4. The molecule has 0 fully saturated rings. The molecule has 216 valence electrons. The summed E-state index contributed by atoms with van der Waals surface area (Å²) in [6, 6.07) is 64.9. The van der Waals surface area contributed by atoms with Crippen molar-refractivity contribution in [3.8, 4) is 0 Å². The highest BCUT2D eigenvalue weighted by molar-refractivity contribution is 7.79. The predicted molar refractivity (Wildman–Crippen MR) is 190 cm³/mol. The standard InChI is InChI=1S/C40H31N4P/c1-6-18-32(19-7-1)43(33-20-8-2-9-21-33)37-28-16-30-39(41-37)45(36-26-14-5-15-27-36)40-31-17-29-38(42-40)44(34-22-10-3-11-23-34)35-24-12-4-13-25-35/h1-31H. The van der Waals surface area contributed by atoms with Gasteiger partial charge in [-0.15, -0.1) is 0 Å². The number of pyridine rings is 2. The van der Waals surface area contributed by atoms with E-state index in [9.17, 15) is 0 Å². The third-order valence-electron chi connectivity index (χ3n) is 7.43. The number of anilines is 6. The fraction of sp³-hybridized carbons (Fsp3) is 0. The molecule has 0 saturated heterocycles. The average Bonchev–Trinajstić information content (AvgIpc) is 3.12. The van der Waals surface area contributed by atoms with Crippen LogP contribution in [-0.2, 0) is 0 Å². The quantitative estimate of drug-likeness (QED) is 0.155. The maximum atomic E-state index is 5.37. The summed E-state index contributed by atoms with van der Waals surface area (Å²) in [5, 5.41) is 1.19. The molecule has 2 aromatic heterocycles. The van der Waals surface area contributed by atoms with E-state index in [4.69, 9.17) is 9.97 Å². The topological polar surface area (TPSA) is 32.3 Å². The molecule has 0 unspecified atom stereocenters. The second kappa shape index (κ2) is 13.4. The lowest BCUT2D eigenvalue weighted by Gasteiger charge is -2.27. The molecule has 0 radical (unpaired) electrons. The largest absolute Gasteiger partial charge is 0.295 e. The van der Waals surface area contributed by atoms with Gasteiger partial charge in [0.15, 0.2) is 0 Å². The third-order valence-corrected chi connectivity index (χ3v) is 9.66. The Bertz CT molecular complexity index is 1750. The van der Waals surface area contributed by atoms with E-state index < -0.39 is 7.92 Å². The summed E-state index contributed by atoms with van der Waals surface area (Å²) in [4.78, 5) is 15.2. The molecule has 0 N–H and O–H groups in total. The Kier molecular flexibility index (Phi) is 8.39.